The average molecular weight is 450 g/mol. The number of imide groups is 1. The Balaban J connectivity index is 1.76. The lowest BCUT2D eigenvalue weighted by Gasteiger charge is -2.15. The number of methoxy groups -OCH3 is 1. The fraction of sp³-hybridized carbons (Fsp3) is 0.300. The van der Waals surface area contributed by atoms with E-state index in [1.54, 1.807) is 14.0 Å². The van der Waals surface area contributed by atoms with E-state index in [1.807, 2.05) is 42.5 Å². The van der Waals surface area contributed by atoms with Crippen LogP contribution in [0.3, 0.4) is 0 Å². The molecule has 2 aromatic rings. The minimum Gasteiger partial charge on any atom is -0.493 e. The van der Waals surface area contributed by atoms with Crippen LogP contribution in [0.25, 0.3) is 0 Å². The number of carbonyl (C=O) groups is 2. The summed E-state index contributed by atoms with van der Waals surface area (Å²) in [4.78, 5) is 25.5. The topological polar surface area (TPSA) is 55.8 Å². The van der Waals surface area contributed by atoms with E-state index in [1.165, 1.54) is 4.90 Å². The van der Waals surface area contributed by atoms with Gasteiger partial charge < -0.3 is 9.47 Å². The van der Waals surface area contributed by atoms with Gasteiger partial charge >= 0.3 is 0 Å². The molecule has 1 aliphatic heterocycles. The van der Waals surface area contributed by atoms with Crippen LogP contribution in [0, 0.1) is 0 Å². The number of ether oxygens (including phenoxy) is 2. The van der Waals surface area contributed by atoms with E-state index in [9.17, 15) is 9.59 Å². The van der Waals surface area contributed by atoms with Gasteiger partial charge in [-0.25, -0.2) is 0 Å². The number of carbonyl (C=O) groups excluding carboxylic acids is 2. The van der Waals surface area contributed by atoms with Gasteiger partial charge in [0.15, 0.2) is 11.5 Å². The second kappa shape index (κ2) is 8.80. The zero-order chi connectivity index (χ0) is 19.4. The molecule has 0 radical (unpaired) electrons. The molecule has 0 aliphatic carbocycles. The van der Waals surface area contributed by atoms with Crippen molar-refractivity contribution in [2.75, 3.05) is 13.7 Å². The van der Waals surface area contributed by atoms with Crippen molar-refractivity contribution in [3.05, 3.63) is 58.1 Å². The number of benzene rings is 2. The Morgan fingerprint density at radius 3 is 2.52 bits per heavy atom. The summed E-state index contributed by atoms with van der Waals surface area (Å²) in [6.07, 6.45) is 0.458. The van der Waals surface area contributed by atoms with E-state index in [0.29, 0.717) is 31.1 Å². The lowest BCUT2D eigenvalue weighted by Crippen LogP contribution is -2.31. The lowest BCUT2D eigenvalue weighted by molar-refractivity contribution is -0.126. The molecule has 1 saturated heterocycles. The third kappa shape index (κ3) is 4.47. The summed E-state index contributed by atoms with van der Waals surface area (Å²) in [5, 5.41) is -0.577. The van der Waals surface area contributed by atoms with Crippen LogP contribution in [0.4, 0.5) is 4.79 Å². The van der Waals surface area contributed by atoms with Crippen molar-refractivity contribution in [1.82, 2.24) is 4.90 Å². The fourth-order valence-corrected chi connectivity index (χ4v) is 4.59. The highest BCUT2D eigenvalue weighted by Crippen LogP contribution is 2.39. The van der Waals surface area contributed by atoms with Gasteiger partial charge in [0, 0.05) is 6.54 Å². The standard InChI is InChI=1S/C20H20BrNO4S/c1-3-22-19(23)17(27-20(22)24)11-14-9-15(21)18(16(10-14)25-2)26-12-13-7-5-4-6-8-13/h4-10,17H,3,11-12H2,1-2H3/t17-/m1/s1. The van der Waals surface area contributed by atoms with Gasteiger partial charge in [0.1, 0.15) is 6.61 Å². The third-order valence-corrected chi connectivity index (χ3v) is 5.92. The van der Waals surface area contributed by atoms with Crippen LogP contribution in [-0.4, -0.2) is 35.0 Å². The normalized spacial score (nSPS) is 16.7. The van der Waals surface area contributed by atoms with Crippen molar-refractivity contribution in [1.29, 1.82) is 0 Å². The van der Waals surface area contributed by atoms with Crippen molar-refractivity contribution in [3.63, 3.8) is 0 Å². The van der Waals surface area contributed by atoms with E-state index in [0.717, 1.165) is 27.4 Å². The lowest BCUT2D eigenvalue weighted by atomic mass is 10.1. The number of amides is 2. The first-order valence-electron chi connectivity index (χ1n) is 8.58. The maximum Gasteiger partial charge on any atom is 0.289 e. The number of halogens is 1. The van der Waals surface area contributed by atoms with Crippen molar-refractivity contribution >= 4 is 38.8 Å². The number of hydrogen-bond donors (Lipinski definition) is 0. The highest BCUT2D eigenvalue weighted by Gasteiger charge is 2.38. The van der Waals surface area contributed by atoms with Crippen LogP contribution < -0.4 is 9.47 Å². The second-order valence-electron chi connectivity index (χ2n) is 6.04. The molecule has 0 unspecified atom stereocenters. The van der Waals surface area contributed by atoms with Gasteiger partial charge in [0.05, 0.1) is 16.8 Å². The summed E-state index contributed by atoms with van der Waals surface area (Å²) >= 11 is 4.62. The highest BCUT2D eigenvalue weighted by molar-refractivity contribution is 9.10. The van der Waals surface area contributed by atoms with Crippen LogP contribution in [0.5, 0.6) is 11.5 Å². The van der Waals surface area contributed by atoms with Gasteiger partial charge in [-0.2, -0.15) is 0 Å². The summed E-state index contributed by atoms with van der Waals surface area (Å²) in [6.45, 7) is 2.63. The molecule has 1 atom stereocenters. The van der Waals surface area contributed by atoms with E-state index in [4.69, 9.17) is 9.47 Å². The summed E-state index contributed by atoms with van der Waals surface area (Å²) < 4.78 is 12.2. The maximum absolute atomic E-state index is 12.3. The molecule has 0 N–H and O–H groups in total. The molecule has 2 aromatic carbocycles. The molecule has 3 rings (SSSR count). The van der Waals surface area contributed by atoms with Crippen LogP contribution >= 0.6 is 27.7 Å². The summed E-state index contributed by atoms with van der Waals surface area (Å²) in [5.74, 6) is 1.07. The average Bonchev–Trinajstić information content (AvgIpc) is 2.93. The Hall–Kier alpha value is -1.99. The zero-order valence-corrected chi connectivity index (χ0v) is 17.5. The summed E-state index contributed by atoms with van der Waals surface area (Å²) in [7, 11) is 1.58. The Morgan fingerprint density at radius 2 is 1.89 bits per heavy atom. The van der Waals surface area contributed by atoms with Crippen LogP contribution in [0.1, 0.15) is 18.1 Å². The van der Waals surface area contributed by atoms with Gasteiger partial charge in [0.25, 0.3) is 5.24 Å². The minimum atomic E-state index is -0.398. The maximum atomic E-state index is 12.3. The Morgan fingerprint density at radius 1 is 1.15 bits per heavy atom. The molecular weight excluding hydrogens is 430 g/mol. The second-order valence-corrected chi connectivity index (χ2v) is 8.05. The Labute approximate surface area is 171 Å². The molecule has 0 bridgehead atoms. The zero-order valence-electron chi connectivity index (χ0n) is 15.1. The first-order chi connectivity index (χ1) is 13.0. The van der Waals surface area contributed by atoms with E-state index < -0.39 is 5.25 Å². The molecule has 2 amide bonds. The molecular formula is C20H20BrNO4S. The number of nitrogens with zero attached hydrogens (tertiary/aromatic N) is 1. The van der Waals surface area contributed by atoms with Crippen molar-refractivity contribution < 1.29 is 19.1 Å². The van der Waals surface area contributed by atoms with Gasteiger partial charge in [0.2, 0.25) is 5.91 Å². The van der Waals surface area contributed by atoms with Crippen LogP contribution in [0.2, 0.25) is 0 Å². The van der Waals surface area contributed by atoms with Gasteiger partial charge in [-0.15, -0.1) is 0 Å². The smallest absolute Gasteiger partial charge is 0.289 e. The van der Waals surface area contributed by atoms with E-state index in [2.05, 4.69) is 15.9 Å². The molecule has 1 aliphatic rings. The first-order valence-corrected chi connectivity index (χ1v) is 10.3. The van der Waals surface area contributed by atoms with Crippen LogP contribution in [-0.2, 0) is 17.8 Å². The largest absolute Gasteiger partial charge is 0.493 e. The van der Waals surface area contributed by atoms with Crippen molar-refractivity contribution in [3.8, 4) is 11.5 Å². The number of hydrogen-bond acceptors (Lipinski definition) is 5. The molecule has 1 heterocycles. The molecule has 0 aromatic heterocycles. The molecule has 0 saturated carbocycles. The predicted octanol–water partition coefficient (Wildman–Crippen LogP) is 4.66. The Bertz CT molecular complexity index is 843. The monoisotopic (exact) mass is 449 g/mol. The molecule has 1 fully saturated rings. The first kappa shape index (κ1) is 19.8. The molecule has 142 valence electrons. The van der Waals surface area contributed by atoms with E-state index in [-0.39, 0.29) is 11.1 Å². The number of thioether (sulfide) groups is 1. The molecule has 7 heteroatoms. The molecule has 5 nitrogen and oxygen atoms in total. The quantitative estimate of drug-likeness (QED) is 0.614. The van der Waals surface area contributed by atoms with Gasteiger partial charge in [-0.1, -0.05) is 42.1 Å². The summed E-state index contributed by atoms with van der Waals surface area (Å²) in [5.41, 5.74) is 1.96. The Kier molecular flexibility index (Phi) is 6.44. The summed E-state index contributed by atoms with van der Waals surface area (Å²) in [6, 6.07) is 13.6. The fourth-order valence-electron chi connectivity index (χ4n) is 2.89. The highest BCUT2D eigenvalue weighted by atomic mass is 79.9. The molecule has 27 heavy (non-hydrogen) atoms. The van der Waals surface area contributed by atoms with Crippen LogP contribution in [0.15, 0.2) is 46.9 Å². The van der Waals surface area contributed by atoms with Crippen molar-refractivity contribution in [2.24, 2.45) is 0 Å². The van der Waals surface area contributed by atoms with Crippen molar-refractivity contribution in [2.45, 2.75) is 25.2 Å². The number of rotatable bonds is 7. The minimum absolute atomic E-state index is 0.132. The predicted molar refractivity (Wildman–Crippen MR) is 109 cm³/mol. The third-order valence-electron chi connectivity index (χ3n) is 4.26. The molecule has 0 spiro atoms. The van der Waals surface area contributed by atoms with E-state index >= 15 is 0 Å². The van der Waals surface area contributed by atoms with Gasteiger partial charge in [-0.05, 0) is 52.5 Å². The van der Waals surface area contributed by atoms with Gasteiger partial charge in [-0.3, -0.25) is 14.5 Å². The SMILES string of the molecule is CCN1C(=O)S[C@H](Cc2cc(Br)c(OCc3ccccc3)c(OC)c2)C1=O.